The molecule has 0 spiro atoms. The van der Waals surface area contributed by atoms with Crippen LogP contribution in [0.2, 0.25) is 0 Å². The Hall–Kier alpha value is -6.48. The molecule has 0 aromatic heterocycles. The second-order valence-corrected chi connectivity index (χ2v) is 14.3. The number of nitro groups is 4. The van der Waals surface area contributed by atoms with Gasteiger partial charge in [0.1, 0.15) is 49.4 Å². The zero-order valence-electron chi connectivity index (χ0n) is 36.3. The molecular weight excluding hydrogens is 840 g/mol. The molecule has 0 amide bonds. The van der Waals surface area contributed by atoms with E-state index in [0.717, 1.165) is 0 Å². The van der Waals surface area contributed by atoms with E-state index >= 15 is 0 Å². The van der Waals surface area contributed by atoms with Crippen LogP contribution in [-0.2, 0) is 44.6 Å². The van der Waals surface area contributed by atoms with Crippen LogP contribution >= 0.6 is 0 Å². The number of hydrogen-bond donors (Lipinski definition) is 0. The maximum atomic E-state index is 12.6. The first kappa shape index (κ1) is 48.6. The molecule has 0 N–H and O–H groups in total. The van der Waals surface area contributed by atoms with Crippen LogP contribution in [-0.4, -0.2) is 99.0 Å². The van der Waals surface area contributed by atoms with Crippen molar-refractivity contribution in [2.75, 3.05) is 79.3 Å². The largest absolute Gasteiger partial charge is 0.491 e. The summed E-state index contributed by atoms with van der Waals surface area (Å²) in [6, 6.07) is 10.4. The van der Waals surface area contributed by atoms with Gasteiger partial charge in [-0.25, -0.2) is 0 Å². The predicted molar refractivity (Wildman–Crippen MR) is 232 cm³/mol. The minimum atomic E-state index is -0.585. The Balaban J connectivity index is 1.93. The smallest absolute Gasteiger partial charge is 0.270 e. The first-order valence-corrected chi connectivity index (χ1v) is 20.9. The van der Waals surface area contributed by atoms with E-state index in [9.17, 15) is 40.5 Å². The summed E-state index contributed by atoms with van der Waals surface area (Å²) in [6.45, 7) is 9.33. The van der Waals surface area contributed by atoms with Gasteiger partial charge < -0.3 is 37.9 Å². The number of rotatable bonds is 24. The number of hydrogen-bond acceptors (Lipinski definition) is 16. The summed E-state index contributed by atoms with van der Waals surface area (Å²) in [5.41, 5.74) is 0.612. The van der Waals surface area contributed by atoms with Crippen molar-refractivity contribution in [3.05, 3.63) is 133 Å². The fraction of sp³-hybridized carbons (Fsp3) is 0.455. The molecule has 0 fully saturated rings. The molecule has 344 valence electrons. The van der Waals surface area contributed by atoms with Crippen molar-refractivity contribution in [3.8, 4) is 23.0 Å². The Labute approximate surface area is 368 Å². The third-order valence-corrected chi connectivity index (χ3v) is 9.99. The van der Waals surface area contributed by atoms with Crippen molar-refractivity contribution in [2.45, 2.75) is 53.4 Å². The lowest BCUT2D eigenvalue weighted by atomic mass is 9.90. The van der Waals surface area contributed by atoms with Gasteiger partial charge in [-0.15, -0.1) is 0 Å². The summed E-state index contributed by atoms with van der Waals surface area (Å²) in [5, 5.41) is 50.5. The SMILES string of the molecule is CCOCCOc1c2cc([N+](=O)[O-])cc1Cc1cc([N+](=O)[O-])cc(c1OCCOCC)Cc1cc([N+](=O)[O-])cc(c1OCCOCC)Cc1cc([N+](=O)[O-])cc(c1OCCOCC)C2. The van der Waals surface area contributed by atoms with Crippen molar-refractivity contribution < 1.29 is 57.6 Å². The van der Waals surface area contributed by atoms with Gasteiger partial charge in [-0.05, 0) is 27.7 Å². The van der Waals surface area contributed by atoms with Gasteiger partial charge in [-0.3, -0.25) is 40.5 Å². The van der Waals surface area contributed by atoms with Crippen LogP contribution in [0.25, 0.3) is 0 Å². The zero-order chi connectivity index (χ0) is 46.2. The van der Waals surface area contributed by atoms with Gasteiger partial charge in [-0.2, -0.15) is 0 Å². The van der Waals surface area contributed by atoms with Gasteiger partial charge in [0.2, 0.25) is 0 Å². The lowest BCUT2D eigenvalue weighted by Gasteiger charge is -2.23. The molecule has 4 aromatic rings. The maximum Gasteiger partial charge on any atom is 0.270 e. The van der Waals surface area contributed by atoms with E-state index in [1.54, 1.807) is 0 Å². The molecule has 1 aliphatic rings. The lowest BCUT2D eigenvalue weighted by molar-refractivity contribution is -0.385. The van der Waals surface area contributed by atoms with Gasteiger partial charge in [-0.1, -0.05) is 0 Å². The molecule has 5 rings (SSSR count). The Morgan fingerprint density at radius 1 is 0.344 bits per heavy atom. The van der Waals surface area contributed by atoms with E-state index < -0.39 is 19.7 Å². The predicted octanol–water partition coefficient (Wildman–Crippen LogP) is 7.66. The Bertz CT molecular complexity index is 1890. The van der Waals surface area contributed by atoms with E-state index in [0.29, 0.717) is 26.4 Å². The zero-order valence-corrected chi connectivity index (χ0v) is 36.3. The summed E-state index contributed by atoms with van der Waals surface area (Å²) < 4.78 is 47.7. The highest BCUT2D eigenvalue weighted by molar-refractivity contribution is 5.62. The van der Waals surface area contributed by atoms with Crippen LogP contribution < -0.4 is 18.9 Å². The molecule has 8 bridgehead atoms. The molecule has 1 aliphatic carbocycles. The van der Waals surface area contributed by atoms with Gasteiger partial charge in [0.25, 0.3) is 22.7 Å². The first-order chi connectivity index (χ1) is 30.9. The summed E-state index contributed by atoms with van der Waals surface area (Å²) in [5.74, 6) is 0.740. The average Bonchev–Trinajstić information content (AvgIpc) is 3.25. The number of non-ortho nitro benzene ring substituents is 4. The highest BCUT2D eigenvalue weighted by Gasteiger charge is 2.29. The number of fused-ring (bicyclic) bond motifs is 8. The Morgan fingerprint density at radius 2 is 0.516 bits per heavy atom. The Kier molecular flexibility index (Phi) is 18.1. The molecule has 0 radical (unpaired) electrons. The third-order valence-electron chi connectivity index (χ3n) is 9.99. The van der Waals surface area contributed by atoms with Crippen molar-refractivity contribution in [3.63, 3.8) is 0 Å². The molecule has 0 heterocycles. The molecule has 0 unspecified atom stereocenters. The summed E-state index contributed by atoms with van der Waals surface area (Å²) in [4.78, 5) is 48.2. The summed E-state index contributed by atoms with van der Waals surface area (Å²) in [6.07, 6.45) is -0.805. The second kappa shape index (κ2) is 23.8. The molecule has 0 aliphatic heterocycles. The second-order valence-electron chi connectivity index (χ2n) is 14.3. The summed E-state index contributed by atoms with van der Waals surface area (Å²) in [7, 11) is 0. The molecule has 64 heavy (non-hydrogen) atoms. The van der Waals surface area contributed by atoms with E-state index in [1.165, 1.54) is 48.5 Å². The number of nitrogens with zero attached hydrogens (tertiary/aromatic N) is 4. The van der Waals surface area contributed by atoms with Crippen LogP contribution in [0.5, 0.6) is 23.0 Å². The van der Waals surface area contributed by atoms with E-state index in [4.69, 9.17) is 37.9 Å². The van der Waals surface area contributed by atoms with Crippen molar-refractivity contribution >= 4 is 22.7 Å². The van der Waals surface area contributed by atoms with Crippen molar-refractivity contribution in [1.82, 2.24) is 0 Å². The minimum Gasteiger partial charge on any atom is -0.491 e. The molecule has 0 saturated carbocycles. The van der Waals surface area contributed by atoms with Crippen LogP contribution in [0.1, 0.15) is 72.2 Å². The molecule has 4 aromatic carbocycles. The van der Waals surface area contributed by atoms with Gasteiger partial charge >= 0.3 is 0 Å². The molecule has 0 atom stereocenters. The highest BCUT2D eigenvalue weighted by Crippen LogP contribution is 2.43. The first-order valence-electron chi connectivity index (χ1n) is 20.9. The number of ether oxygens (including phenoxy) is 8. The molecule has 20 heteroatoms. The van der Waals surface area contributed by atoms with Gasteiger partial charge in [0.05, 0.1) is 46.1 Å². The van der Waals surface area contributed by atoms with E-state index in [-0.39, 0.29) is 169 Å². The number of nitro benzene ring substituents is 4. The van der Waals surface area contributed by atoms with Crippen molar-refractivity contribution in [2.24, 2.45) is 0 Å². The van der Waals surface area contributed by atoms with Crippen LogP contribution in [0, 0.1) is 40.5 Å². The fourth-order valence-electron chi connectivity index (χ4n) is 7.37. The quantitative estimate of drug-likeness (QED) is 0.0328. The topological polar surface area (TPSA) is 246 Å². The average molecular weight is 893 g/mol. The maximum absolute atomic E-state index is 12.6. The molecular formula is C44H52N4O16. The van der Waals surface area contributed by atoms with Gasteiger partial charge in [0.15, 0.2) is 0 Å². The van der Waals surface area contributed by atoms with Crippen LogP contribution in [0.15, 0.2) is 48.5 Å². The van der Waals surface area contributed by atoms with Crippen LogP contribution in [0.4, 0.5) is 22.7 Å². The Morgan fingerprint density at radius 3 is 0.656 bits per heavy atom. The number of benzene rings is 4. The van der Waals surface area contributed by atoms with Gasteiger partial charge in [0, 0.05) is 145 Å². The normalized spacial score (nSPS) is 12.1. The lowest BCUT2D eigenvalue weighted by Crippen LogP contribution is -2.14. The fourth-order valence-corrected chi connectivity index (χ4v) is 7.37. The van der Waals surface area contributed by atoms with Crippen molar-refractivity contribution in [1.29, 1.82) is 0 Å². The highest BCUT2D eigenvalue weighted by atomic mass is 16.6. The summed E-state index contributed by atoms with van der Waals surface area (Å²) >= 11 is 0. The molecule has 0 saturated heterocycles. The minimum absolute atomic E-state index is 0.000943. The van der Waals surface area contributed by atoms with Crippen LogP contribution in [0.3, 0.4) is 0 Å². The van der Waals surface area contributed by atoms with E-state index in [2.05, 4.69) is 0 Å². The monoisotopic (exact) mass is 892 g/mol. The molecule has 20 nitrogen and oxygen atoms in total. The standard InChI is InChI=1S/C44H52N4O16/c1-5-57-9-13-61-41-29-17-31-23-38(46(51)52)25-33(42(31)62-14-10-58-6-2)19-35-27-40(48(55)56)28-36(44(35)64-16-12-60-8-4)20-34-26-39(47(53)54)24-32(43(34)63-15-11-59-7-3)18-30(41)22-37(21-29)45(49)50/h21-28H,5-20H2,1-4H3. The third kappa shape index (κ3) is 12.8. The van der Waals surface area contributed by atoms with E-state index in [1.807, 2.05) is 27.7 Å².